The highest BCUT2D eigenvalue weighted by Crippen LogP contribution is 2.64. The van der Waals surface area contributed by atoms with Gasteiger partial charge in [-0.3, -0.25) is 0 Å². The quantitative estimate of drug-likeness (QED) is 0.500. The van der Waals surface area contributed by atoms with Gasteiger partial charge in [-0.2, -0.15) is 0 Å². The number of piperidine rings is 1. The molecule has 0 bridgehead atoms. The minimum absolute atomic E-state index is 0.227. The van der Waals surface area contributed by atoms with Crippen LogP contribution in [0.4, 0.5) is 10.2 Å². The summed E-state index contributed by atoms with van der Waals surface area (Å²) in [6.07, 6.45) is 4.84. The lowest BCUT2D eigenvalue weighted by molar-refractivity contribution is 0.352. The summed E-state index contributed by atoms with van der Waals surface area (Å²) < 4.78 is 19.4. The molecule has 1 spiro atoms. The predicted octanol–water partition coefficient (Wildman–Crippen LogP) is 4.59. The van der Waals surface area contributed by atoms with E-state index in [0.29, 0.717) is 17.3 Å². The number of hydrogen-bond acceptors (Lipinski definition) is 6. The largest absolute Gasteiger partial charge is 0.420 e. The van der Waals surface area contributed by atoms with Crippen LogP contribution in [0.15, 0.2) is 59.3 Å². The second-order valence-electron chi connectivity index (χ2n) is 8.28. The van der Waals surface area contributed by atoms with Gasteiger partial charge < -0.3 is 9.32 Å². The highest BCUT2D eigenvalue weighted by atomic mass is 19.1. The smallest absolute Gasteiger partial charge is 0.247 e. The molecule has 2 fully saturated rings. The van der Waals surface area contributed by atoms with Gasteiger partial charge in [0.15, 0.2) is 0 Å². The minimum Gasteiger partial charge on any atom is -0.420 e. The van der Waals surface area contributed by atoms with E-state index in [1.165, 1.54) is 12.1 Å². The van der Waals surface area contributed by atoms with E-state index in [1.807, 2.05) is 18.2 Å². The Kier molecular flexibility index (Phi) is 3.84. The number of para-hydroxylation sites is 1. The van der Waals surface area contributed by atoms with Crippen molar-refractivity contribution in [3.63, 3.8) is 0 Å². The van der Waals surface area contributed by atoms with E-state index < -0.39 is 0 Å². The molecule has 1 atom stereocenters. The zero-order valence-corrected chi connectivity index (χ0v) is 16.3. The van der Waals surface area contributed by atoms with Crippen LogP contribution in [0.2, 0.25) is 0 Å². The van der Waals surface area contributed by atoms with Gasteiger partial charge in [-0.25, -0.2) is 14.4 Å². The van der Waals surface area contributed by atoms with Gasteiger partial charge in [0.25, 0.3) is 0 Å². The van der Waals surface area contributed by atoms with Crippen molar-refractivity contribution in [1.82, 2.24) is 20.2 Å². The van der Waals surface area contributed by atoms with E-state index in [0.717, 1.165) is 49.1 Å². The topological polar surface area (TPSA) is 67.9 Å². The van der Waals surface area contributed by atoms with Crippen LogP contribution in [-0.4, -0.2) is 33.3 Å². The second-order valence-corrected chi connectivity index (χ2v) is 8.28. The first kappa shape index (κ1) is 17.5. The Hall–Kier alpha value is -3.35. The summed E-state index contributed by atoms with van der Waals surface area (Å²) in [4.78, 5) is 11.3. The van der Waals surface area contributed by atoms with Crippen molar-refractivity contribution >= 4 is 16.7 Å². The van der Waals surface area contributed by atoms with Crippen LogP contribution in [0.25, 0.3) is 22.4 Å². The first-order chi connectivity index (χ1) is 14.7. The summed E-state index contributed by atoms with van der Waals surface area (Å²) in [5, 5.41) is 9.53. The van der Waals surface area contributed by atoms with Gasteiger partial charge in [0.05, 0.1) is 5.52 Å². The number of halogens is 1. The zero-order valence-electron chi connectivity index (χ0n) is 16.3. The summed E-state index contributed by atoms with van der Waals surface area (Å²) in [5.74, 6) is 2.06. The van der Waals surface area contributed by atoms with E-state index in [-0.39, 0.29) is 17.2 Å². The first-order valence-electron chi connectivity index (χ1n) is 10.3. The van der Waals surface area contributed by atoms with E-state index in [2.05, 4.69) is 31.1 Å². The molecule has 1 saturated heterocycles. The van der Waals surface area contributed by atoms with Crippen LogP contribution >= 0.6 is 0 Å². The third-order valence-electron chi connectivity index (χ3n) is 6.58. The maximum atomic E-state index is 13.5. The lowest BCUT2D eigenvalue weighted by Gasteiger charge is -2.34. The lowest BCUT2D eigenvalue weighted by atomic mass is 9.90. The molecule has 0 amide bonds. The van der Waals surface area contributed by atoms with Crippen LogP contribution in [0.5, 0.6) is 0 Å². The number of benzene rings is 2. The molecule has 1 unspecified atom stereocenters. The number of hydrogen-bond donors (Lipinski definition) is 0. The molecule has 2 aromatic heterocycles. The Morgan fingerprint density at radius 3 is 2.73 bits per heavy atom. The molecule has 0 radical (unpaired) electrons. The molecular formula is C23H20FN5O. The SMILES string of the molecule is Fc1cccc(-c2nnc(C3CC34CCN(c3ncnc5ccccc35)CC4)o2)c1. The molecule has 1 saturated carbocycles. The molecule has 6 rings (SSSR count). The van der Waals surface area contributed by atoms with Crippen molar-refractivity contribution in [3.8, 4) is 11.5 Å². The van der Waals surface area contributed by atoms with Crippen LogP contribution in [0.3, 0.4) is 0 Å². The summed E-state index contributed by atoms with van der Waals surface area (Å²) in [6.45, 7) is 1.89. The number of fused-ring (bicyclic) bond motifs is 1. The third-order valence-corrected chi connectivity index (χ3v) is 6.58. The molecule has 4 aromatic rings. The Balaban J connectivity index is 1.18. The average molecular weight is 401 g/mol. The van der Waals surface area contributed by atoms with Crippen LogP contribution in [-0.2, 0) is 0 Å². The molecule has 1 aliphatic carbocycles. The third kappa shape index (κ3) is 2.84. The second kappa shape index (κ2) is 6.58. The Morgan fingerprint density at radius 1 is 1.00 bits per heavy atom. The van der Waals surface area contributed by atoms with Crippen molar-refractivity contribution in [1.29, 1.82) is 0 Å². The highest BCUT2D eigenvalue weighted by molar-refractivity contribution is 5.89. The number of nitrogens with zero attached hydrogens (tertiary/aromatic N) is 5. The standard InChI is InChI=1S/C23H20FN5O/c24-16-5-3-4-15(12-16)21-27-28-22(30-21)18-13-23(18)8-10-29(11-9-23)20-17-6-1-2-7-19(17)25-14-26-20/h1-7,12,14,18H,8-11,13H2. The maximum absolute atomic E-state index is 13.5. The van der Waals surface area contributed by atoms with Gasteiger partial charge in [-0.15, -0.1) is 10.2 Å². The molecule has 1 aliphatic heterocycles. The van der Waals surface area contributed by atoms with E-state index in [4.69, 9.17) is 4.42 Å². The van der Waals surface area contributed by atoms with Gasteiger partial charge >= 0.3 is 0 Å². The summed E-state index contributed by atoms with van der Waals surface area (Å²) in [6, 6.07) is 14.4. The van der Waals surface area contributed by atoms with Gasteiger partial charge in [0.1, 0.15) is 18.0 Å². The number of rotatable bonds is 3. The molecule has 6 nitrogen and oxygen atoms in total. The molecule has 150 valence electrons. The van der Waals surface area contributed by atoms with E-state index in [1.54, 1.807) is 18.5 Å². The molecule has 7 heteroatoms. The maximum Gasteiger partial charge on any atom is 0.247 e. The normalized spacial score (nSPS) is 20.0. The summed E-state index contributed by atoms with van der Waals surface area (Å²) in [7, 11) is 0. The fourth-order valence-corrected chi connectivity index (χ4v) is 4.77. The summed E-state index contributed by atoms with van der Waals surface area (Å²) >= 11 is 0. The van der Waals surface area contributed by atoms with Crippen molar-refractivity contribution < 1.29 is 8.81 Å². The fraction of sp³-hybridized carbons (Fsp3) is 0.304. The first-order valence-corrected chi connectivity index (χ1v) is 10.3. The fourth-order valence-electron chi connectivity index (χ4n) is 4.77. The zero-order chi connectivity index (χ0) is 20.1. The Bertz CT molecular complexity index is 1230. The van der Waals surface area contributed by atoms with Crippen molar-refractivity contribution in [3.05, 3.63) is 66.6 Å². The Morgan fingerprint density at radius 2 is 1.87 bits per heavy atom. The monoisotopic (exact) mass is 401 g/mol. The number of anilines is 1. The molecule has 0 N–H and O–H groups in total. The van der Waals surface area contributed by atoms with Crippen LogP contribution in [0.1, 0.15) is 31.1 Å². The van der Waals surface area contributed by atoms with E-state index >= 15 is 0 Å². The van der Waals surface area contributed by atoms with Gasteiger partial charge in [-0.05, 0) is 55.0 Å². The average Bonchev–Trinajstić information content (AvgIpc) is 3.25. The van der Waals surface area contributed by atoms with Crippen LogP contribution in [0, 0.1) is 11.2 Å². The lowest BCUT2D eigenvalue weighted by Crippen LogP contribution is -2.35. The van der Waals surface area contributed by atoms with Gasteiger partial charge in [-0.1, -0.05) is 18.2 Å². The molecule has 3 heterocycles. The summed E-state index contributed by atoms with van der Waals surface area (Å²) in [5.41, 5.74) is 1.82. The number of aromatic nitrogens is 4. The van der Waals surface area contributed by atoms with Crippen molar-refractivity contribution in [2.45, 2.75) is 25.2 Å². The predicted molar refractivity (Wildman–Crippen MR) is 110 cm³/mol. The highest BCUT2D eigenvalue weighted by Gasteiger charge is 2.58. The van der Waals surface area contributed by atoms with Gasteiger partial charge in [0, 0.05) is 30.0 Å². The van der Waals surface area contributed by atoms with Crippen molar-refractivity contribution in [2.75, 3.05) is 18.0 Å². The van der Waals surface area contributed by atoms with Crippen molar-refractivity contribution in [2.24, 2.45) is 5.41 Å². The molecular weight excluding hydrogens is 381 g/mol. The van der Waals surface area contributed by atoms with E-state index in [9.17, 15) is 4.39 Å². The molecule has 2 aliphatic rings. The van der Waals surface area contributed by atoms with Crippen LogP contribution < -0.4 is 4.90 Å². The minimum atomic E-state index is -0.306. The molecule has 30 heavy (non-hydrogen) atoms. The van der Waals surface area contributed by atoms with Gasteiger partial charge in [0.2, 0.25) is 11.8 Å². The molecule has 2 aromatic carbocycles. The Labute approximate surface area is 172 Å².